The van der Waals surface area contributed by atoms with Crippen molar-refractivity contribution in [2.24, 2.45) is 0 Å². The maximum absolute atomic E-state index is 12.0. The Morgan fingerprint density at radius 1 is 1.28 bits per heavy atom. The molecule has 0 aromatic heterocycles. The maximum Gasteiger partial charge on any atom is 0.239 e. The summed E-state index contributed by atoms with van der Waals surface area (Å²) in [7, 11) is 0. The molecule has 0 spiro atoms. The van der Waals surface area contributed by atoms with Crippen molar-refractivity contribution in [2.75, 3.05) is 26.2 Å². The third-order valence-corrected chi connectivity index (χ3v) is 3.76. The van der Waals surface area contributed by atoms with E-state index in [1.165, 1.54) is 32.4 Å². The van der Waals surface area contributed by atoms with Crippen LogP contribution >= 0.6 is 0 Å². The van der Waals surface area contributed by atoms with Crippen LogP contribution in [0.1, 0.15) is 47.0 Å². The molecule has 0 saturated carbocycles. The van der Waals surface area contributed by atoms with E-state index in [-0.39, 0.29) is 5.91 Å². The number of nitrogens with one attached hydrogen (secondary N) is 2. The minimum absolute atomic E-state index is 0.0909. The van der Waals surface area contributed by atoms with Crippen LogP contribution < -0.4 is 10.6 Å². The lowest BCUT2D eigenvalue weighted by molar-refractivity contribution is -0.126. The van der Waals surface area contributed by atoms with E-state index in [4.69, 9.17) is 0 Å². The fourth-order valence-electron chi connectivity index (χ4n) is 2.47. The van der Waals surface area contributed by atoms with Crippen LogP contribution in [0.5, 0.6) is 0 Å². The summed E-state index contributed by atoms with van der Waals surface area (Å²) in [6.07, 6.45) is 3.94. The Kier molecular flexibility index (Phi) is 6.09. The Balaban J connectivity index is 2.32. The minimum atomic E-state index is -0.476. The highest BCUT2D eigenvalue weighted by Crippen LogP contribution is 2.11. The van der Waals surface area contributed by atoms with E-state index in [9.17, 15) is 4.79 Å². The molecule has 106 valence electrons. The zero-order valence-electron chi connectivity index (χ0n) is 12.4. The summed E-state index contributed by atoms with van der Waals surface area (Å²) in [5.41, 5.74) is -0.476. The third-order valence-electron chi connectivity index (χ3n) is 3.76. The van der Waals surface area contributed by atoms with Gasteiger partial charge >= 0.3 is 0 Å². The minimum Gasteiger partial charge on any atom is -0.353 e. The zero-order chi connectivity index (χ0) is 13.6. The third kappa shape index (κ3) is 4.58. The van der Waals surface area contributed by atoms with E-state index in [1.807, 2.05) is 20.8 Å². The normalized spacial score (nSPS) is 19.6. The number of carbonyl (C=O) groups is 1. The van der Waals surface area contributed by atoms with Crippen molar-refractivity contribution in [3.05, 3.63) is 0 Å². The van der Waals surface area contributed by atoms with E-state index in [1.54, 1.807) is 0 Å². The molecular weight excluding hydrogens is 226 g/mol. The second kappa shape index (κ2) is 7.10. The van der Waals surface area contributed by atoms with Gasteiger partial charge in [0.05, 0.1) is 5.54 Å². The highest BCUT2D eigenvalue weighted by Gasteiger charge is 2.26. The Bertz CT molecular complexity index is 260. The number of amides is 1. The molecule has 1 saturated heterocycles. The Hall–Kier alpha value is -0.610. The first-order valence-electron chi connectivity index (χ1n) is 7.24. The number of likely N-dealkylation sites (N-methyl/N-ethyl adjacent to an activating group) is 1. The van der Waals surface area contributed by atoms with Crippen molar-refractivity contribution >= 4 is 5.91 Å². The molecule has 1 unspecified atom stereocenters. The molecule has 1 amide bonds. The molecule has 0 aliphatic carbocycles. The molecule has 1 atom stereocenters. The van der Waals surface area contributed by atoms with E-state index < -0.39 is 5.54 Å². The fourth-order valence-corrected chi connectivity index (χ4v) is 2.47. The summed E-state index contributed by atoms with van der Waals surface area (Å²) < 4.78 is 0. The van der Waals surface area contributed by atoms with Crippen LogP contribution in [0.15, 0.2) is 0 Å². The second-order valence-corrected chi connectivity index (χ2v) is 5.81. The molecule has 0 aromatic rings. The Morgan fingerprint density at radius 2 is 1.89 bits per heavy atom. The predicted octanol–water partition coefficient (Wildman–Crippen LogP) is 1.37. The van der Waals surface area contributed by atoms with Crippen LogP contribution in [0.4, 0.5) is 0 Å². The van der Waals surface area contributed by atoms with Crippen molar-refractivity contribution in [1.82, 2.24) is 15.5 Å². The smallest absolute Gasteiger partial charge is 0.239 e. The topological polar surface area (TPSA) is 44.4 Å². The van der Waals surface area contributed by atoms with Crippen molar-refractivity contribution in [3.63, 3.8) is 0 Å². The summed E-state index contributed by atoms with van der Waals surface area (Å²) in [5.74, 6) is 0.0909. The lowest BCUT2D eigenvalue weighted by atomic mass is 10.0. The van der Waals surface area contributed by atoms with Gasteiger partial charge in [-0.3, -0.25) is 9.69 Å². The number of nitrogens with zero attached hydrogens (tertiary/aromatic N) is 1. The van der Waals surface area contributed by atoms with Crippen LogP contribution in [0.3, 0.4) is 0 Å². The predicted molar refractivity (Wildman–Crippen MR) is 75.7 cm³/mol. The van der Waals surface area contributed by atoms with Crippen LogP contribution in [-0.4, -0.2) is 48.6 Å². The molecular formula is C14H29N3O. The number of piperidine rings is 1. The molecule has 0 aromatic carbocycles. The standard InChI is InChI=1S/C14H29N3O/c1-5-16-14(3,4)13(18)15-11-12(2)17-9-7-6-8-10-17/h12,16H,5-11H2,1-4H3,(H,15,18). The van der Waals surface area contributed by atoms with Gasteiger partial charge in [-0.15, -0.1) is 0 Å². The molecule has 1 aliphatic heterocycles. The lowest BCUT2D eigenvalue weighted by Crippen LogP contribution is -2.55. The summed E-state index contributed by atoms with van der Waals surface area (Å²) in [5, 5.41) is 6.26. The molecule has 2 N–H and O–H groups in total. The Labute approximate surface area is 111 Å². The van der Waals surface area contributed by atoms with Crippen molar-refractivity contribution in [3.8, 4) is 0 Å². The van der Waals surface area contributed by atoms with Gasteiger partial charge < -0.3 is 10.6 Å². The number of hydrogen-bond acceptors (Lipinski definition) is 3. The summed E-state index contributed by atoms with van der Waals surface area (Å²) in [4.78, 5) is 14.5. The molecule has 4 heteroatoms. The lowest BCUT2D eigenvalue weighted by Gasteiger charge is -2.33. The first-order chi connectivity index (χ1) is 8.47. The van der Waals surface area contributed by atoms with Gasteiger partial charge in [0, 0.05) is 12.6 Å². The number of likely N-dealkylation sites (tertiary alicyclic amines) is 1. The van der Waals surface area contributed by atoms with Gasteiger partial charge in [0.2, 0.25) is 5.91 Å². The summed E-state index contributed by atoms with van der Waals surface area (Å²) in [6.45, 7) is 12.0. The number of carbonyl (C=O) groups excluding carboxylic acids is 1. The van der Waals surface area contributed by atoms with Crippen LogP contribution in [0.25, 0.3) is 0 Å². The van der Waals surface area contributed by atoms with Crippen LogP contribution in [0, 0.1) is 0 Å². The van der Waals surface area contributed by atoms with E-state index in [2.05, 4.69) is 22.5 Å². The molecule has 1 rings (SSSR count). The van der Waals surface area contributed by atoms with E-state index >= 15 is 0 Å². The monoisotopic (exact) mass is 255 g/mol. The first-order valence-corrected chi connectivity index (χ1v) is 7.24. The van der Waals surface area contributed by atoms with E-state index in [0.717, 1.165) is 13.1 Å². The number of rotatable bonds is 6. The molecule has 18 heavy (non-hydrogen) atoms. The van der Waals surface area contributed by atoms with Gasteiger partial charge in [0.25, 0.3) is 0 Å². The van der Waals surface area contributed by atoms with Gasteiger partial charge in [-0.05, 0) is 53.2 Å². The van der Waals surface area contributed by atoms with Crippen molar-refractivity contribution in [1.29, 1.82) is 0 Å². The molecule has 4 nitrogen and oxygen atoms in total. The average molecular weight is 255 g/mol. The van der Waals surface area contributed by atoms with Gasteiger partial charge in [-0.25, -0.2) is 0 Å². The fraction of sp³-hybridized carbons (Fsp3) is 0.929. The average Bonchev–Trinajstić information content (AvgIpc) is 2.36. The quantitative estimate of drug-likeness (QED) is 0.753. The van der Waals surface area contributed by atoms with Gasteiger partial charge in [-0.1, -0.05) is 13.3 Å². The molecule has 1 aliphatic rings. The van der Waals surface area contributed by atoms with Crippen molar-refractivity contribution < 1.29 is 4.79 Å². The molecule has 0 radical (unpaired) electrons. The molecule has 1 heterocycles. The SMILES string of the molecule is CCNC(C)(C)C(=O)NCC(C)N1CCCCC1. The number of hydrogen-bond donors (Lipinski definition) is 2. The first kappa shape index (κ1) is 15.4. The largest absolute Gasteiger partial charge is 0.353 e. The van der Waals surface area contributed by atoms with E-state index in [0.29, 0.717) is 6.04 Å². The second-order valence-electron chi connectivity index (χ2n) is 5.81. The highest BCUT2D eigenvalue weighted by atomic mass is 16.2. The van der Waals surface area contributed by atoms with Gasteiger partial charge in [-0.2, -0.15) is 0 Å². The van der Waals surface area contributed by atoms with Gasteiger partial charge in [0.1, 0.15) is 0 Å². The molecule has 0 bridgehead atoms. The van der Waals surface area contributed by atoms with Crippen LogP contribution in [-0.2, 0) is 4.79 Å². The summed E-state index contributed by atoms with van der Waals surface area (Å²) in [6, 6.07) is 0.437. The summed E-state index contributed by atoms with van der Waals surface area (Å²) >= 11 is 0. The van der Waals surface area contributed by atoms with Crippen molar-refractivity contribution in [2.45, 2.75) is 58.5 Å². The molecule has 1 fully saturated rings. The van der Waals surface area contributed by atoms with Crippen LogP contribution in [0.2, 0.25) is 0 Å². The Morgan fingerprint density at radius 3 is 2.44 bits per heavy atom. The highest BCUT2D eigenvalue weighted by molar-refractivity contribution is 5.85. The maximum atomic E-state index is 12.0. The van der Waals surface area contributed by atoms with Gasteiger partial charge in [0.15, 0.2) is 0 Å². The zero-order valence-corrected chi connectivity index (χ0v) is 12.4.